The van der Waals surface area contributed by atoms with E-state index in [1.165, 1.54) is 38.5 Å². The number of carbonyl (C=O) groups is 1. The molecule has 0 amide bonds. The van der Waals surface area contributed by atoms with Crippen LogP contribution in [0.2, 0.25) is 0 Å². The number of rotatable bonds is 6. The van der Waals surface area contributed by atoms with Crippen molar-refractivity contribution in [1.29, 1.82) is 0 Å². The lowest BCUT2D eigenvalue weighted by Crippen LogP contribution is -2.56. The number of aliphatic hydroxyl groups is 1. The first kappa shape index (κ1) is 26.8. The molecule has 0 aliphatic heterocycles. The maximum Gasteiger partial charge on any atom is 0.309 e. The number of methoxy groups -OCH3 is 1. The van der Waals surface area contributed by atoms with Gasteiger partial charge >= 0.3 is 5.97 Å². The van der Waals surface area contributed by atoms with Crippen molar-refractivity contribution in [2.24, 2.45) is 45.5 Å². The van der Waals surface area contributed by atoms with E-state index in [9.17, 15) is 9.90 Å². The zero-order valence-corrected chi connectivity index (χ0v) is 22.8. The molecule has 4 aliphatic rings. The molecule has 0 spiro atoms. The SMILES string of the molecule is CO[C@H]1CC[C@@]2(C)[C@@H](CC[C@@H]3[C@@H]2CC[C@]2(C)[C@@H](C(O)(CN=[N+]=[N-])CC(=O)OC(C)(C)C)CC[C@@H]32)C1. The minimum Gasteiger partial charge on any atom is -0.460 e. The normalized spacial score (nSPS) is 42.6. The smallest absolute Gasteiger partial charge is 0.309 e. The molecule has 7 nitrogen and oxygen atoms in total. The molecule has 198 valence electrons. The number of nitrogens with zero attached hydrogens (tertiary/aromatic N) is 3. The molecule has 0 aromatic heterocycles. The molecule has 0 aromatic rings. The molecule has 4 saturated carbocycles. The van der Waals surface area contributed by atoms with Gasteiger partial charge in [0.2, 0.25) is 0 Å². The number of azide groups is 1. The van der Waals surface area contributed by atoms with Gasteiger partial charge < -0.3 is 14.6 Å². The van der Waals surface area contributed by atoms with Crippen molar-refractivity contribution >= 4 is 5.97 Å². The number of hydrogen-bond donors (Lipinski definition) is 1. The van der Waals surface area contributed by atoms with E-state index < -0.39 is 17.2 Å². The van der Waals surface area contributed by atoms with Crippen molar-refractivity contribution < 1.29 is 19.4 Å². The second-order valence-electron chi connectivity index (χ2n) is 13.7. The Morgan fingerprint density at radius 1 is 1.06 bits per heavy atom. The lowest BCUT2D eigenvalue weighted by Gasteiger charge is -2.61. The summed E-state index contributed by atoms with van der Waals surface area (Å²) in [6, 6.07) is 0. The van der Waals surface area contributed by atoms with Gasteiger partial charge in [-0.2, -0.15) is 0 Å². The zero-order chi connectivity index (χ0) is 25.6. The summed E-state index contributed by atoms with van der Waals surface area (Å²) in [4.78, 5) is 15.7. The number of hydrogen-bond acceptors (Lipinski definition) is 5. The van der Waals surface area contributed by atoms with E-state index in [-0.39, 0.29) is 24.3 Å². The topological polar surface area (TPSA) is 105 Å². The molecule has 4 rings (SSSR count). The van der Waals surface area contributed by atoms with Gasteiger partial charge in [-0.15, -0.1) is 0 Å². The van der Waals surface area contributed by atoms with Crippen LogP contribution in [0.25, 0.3) is 10.4 Å². The molecule has 0 bridgehead atoms. The highest BCUT2D eigenvalue weighted by Crippen LogP contribution is 2.68. The van der Waals surface area contributed by atoms with Crippen LogP contribution in [0.15, 0.2) is 5.11 Å². The van der Waals surface area contributed by atoms with Gasteiger partial charge in [0.1, 0.15) is 5.60 Å². The molecular formula is C28H47N3O4. The van der Waals surface area contributed by atoms with Crippen LogP contribution >= 0.6 is 0 Å². The zero-order valence-electron chi connectivity index (χ0n) is 22.8. The molecular weight excluding hydrogens is 442 g/mol. The number of ether oxygens (including phenoxy) is 2. The summed E-state index contributed by atoms with van der Waals surface area (Å²) >= 11 is 0. The Kier molecular flexibility index (Phi) is 7.29. The summed E-state index contributed by atoms with van der Waals surface area (Å²) in [6.45, 7) is 10.3. The average Bonchev–Trinajstić information content (AvgIpc) is 3.14. The monoisotopic (exact) mass is 489 g/mol. The highest BCUT2D eigenvalue weighted by atomic mass is 16.6. The molecule has 0 radical (unpaired) electrons. The fourth-order valence-corrected chi connectivity index (χ4v) is 9.39. The van der Waals surface area contributed by atoms with Gasteiger partial charge in [0.15, 0.2) is 0 Å². The molecule has 0 saturated heterocycles. The second-order valence-corrected chi connectivity index (χ2v) is 13.7. The third-order valence-corrected chi connectivity index (χ3v) is 10.9. The van der Waals surface area contributed by atoms with Crippen molar-refractivity contribution in [2.75, 3.05) is 13.7 Å². The van der Waals surface area contributed by atoms with E-state index in [1.54, 1.807) is 0 Å². The molecule has 0 aromatic carbocycles. The maximum absolute atomic E-state index is 12.8. The van der Waals surface area contributed by atoms with E-state index >= 15 is 0 Å². The van der Waals surface area contributed by atoms with Crippen LogP contribution in [0, 0.1) is 40.4 Å². The largest absolute Gasteiger partial charge is 0.460 e. The number of carbonyl (C=O) groups excluding carboxylic acids is 1. The highest BCUT2D eigenvalue weighted by molar-refractivity contribution is 5.71. The summed E-state index contributed by atoms with van der Waals surface area (Å²) < 4.78 is 11.3. The van der Waals surface area contributed by atoms with Crippen molar-refractivity contribution in [1.82, 2.24) is 0 Å². The summed E-state index contributed by atoms with van der Waals surface area (Å²) in [5.74, 6) is 2.19. The fourth-order valence-electron chi connectivity index (χ4n) is 9.39. The Morgan fingerprint density at radius 3 is 2.40 bits per heavy atom. The molecule has 1 unspecified atom stereocenters. The Hall–Kier alpha value is -1.30. The lowest BCUT2D eigenvalue weighted by atomic mass is 9.44. The first-order chi connectivity index (χ1) is 16.4. The van der Waals surface area contributed by atoms with Crippen molar-refractivity contribution in [2.45, 2.75) is 116 Å². The van der Waals surface area contributed by atoms with Crippen LogP contribution in [0.5, 0.6) is 0 Å². The lowest BCUT2D eigenvalue weighted by molar-refractivity contribution is -0.170. The quantitative estimate of drug-likeness (QED) is 0.201. The molecule has 0 heterocycles. The number of esters is 1. The summed E-state index contributed by atoms with van der Waals surface area (Å²) in [5.41, 5.74) is 7.37. The van der Waals surface area contributed by atoms with E-state index in [0.717, 1.165) is 31.1 Å². The van der Waals surface area contributed by atoms with Gasteiger partial charge in [0, 0.05) is 12.0 Å². The average molecular weight is 490 g/mol. The highest BCUT2D eigenvalue weighted by Gasteiger charge is 2.63. The van der Waals surface area contributed by atoms with Gasteiger partial charge in [-0.25, -0.2) is 0 Å². The molecule has 9 atom stereocenters. The Morgan fingerprint density at radius 2 is 1.74 bits per heavy atom. The summed E-state index contributed by atoms with van der Waals surface area (Å²) in [6.07, 6.45) is 10.6. The summed E-state index contributed by atoms with van der Waals surface area (Å²) in [7, 11) is 1.86. The van der Waals surface area contributed by atoms with Crippen LogP contribution in [0.4, 0.5) is 0 Å². The van der Waals surface area contributed by atoms with Crippen LogP contribution in [0.3, 0.4) is 0 Å². The first-order valence-corrected chi connectivity index (χ1v) is 13.8. The van der Waals surface area contributed by atoms with E-state index in [2.05, 4.69) is 23.9 Å². The minimum atomic E-state index is -1.37. The third kappa shape index (κ3) is 4.85. The van der Waals surface area contributed by atoms with Crippen LogP contribution in [-0.2, 0) is 14.3 Å². The third-order valence-electron chi connectivity index (χ3n) is 10.9. The van der Waals surface area contributed by atoms with Gasteiger partial charge in [-0.3, -0.25) is 4.79 Å². The van der Waals surface area contributed by atoms with Crippen molar-refractivity contribution in [3.63, 3.8) is 0 Å². The van der Waals surface area contributed by atoms with Gasteiger partial charge in [0.25, 0.3) is 0 Å². The molecule has 35 heavy (non-hydrogen) atoms. The van der Waals surface area contributed by atoms with Gasteiger partial charge in [-0.1, -0.05) is 19.0 Å². The predicted molar refractivity (Wildman–Crippen MR) is 135 cm³/mol. The molecule has 4 fully saturated rings. The molecule has 4 aliphatic carbocycles. The first-order valence-electron chi connectivity index (χ1n) is 13.8. The van der Waals surface area contributed by atoms with E-state index in [1.807, 2.05) is 27.9 Å². The number of fused-ring (bicyclic) bond motifs is 5. The van der Waals surface area contributed by atoms with E-state index in [4.69, 9.17) is 15.0 Å². The van der Waals surface area contributed by atoms with Gasteiger partial charge in [0.05, 0.1) is 24.7 Å². The molecule has 7 heteroatoms. The maximum atomic E-state index is 12.8. The van der Waals surface area contributed by atoms with E-state index in [0.29, 0.717) is 23.4 Å². The fraction of sp³-hybridized carbons (Fsp3) is 0.964. The predicted octanol–water partition coefficient (Wildman–Crippen LogP) is 6.43. The van der Waals surface area contributed by atoms with Crippen LogP contribution < -0.4 is 0 Å². The Balaban J connectivity index is 1.56. The van der Waals surface area contributed by atoms with Crippen molar-refractivity contribution in [3.05, 3.63) is 10.4 Å². The standard InChI is InChI=1S/C28H47N3O4/c1-25(2,3)35-24(32)16-28(33,17-30-31-29)23-10-9-21-20-8-7-18-15-19(34-6)11-13-26(18,4)22(20)12-14-27(21,23)5/h18-23,33H,7-17H2,1-6H3/t18-,19-,20-,21-,22-,23-,26-,27-,28?/m0/s1. The van der Waals surface area contributed by atoms with Gasteiger partial charge in [-0.05, 0) is 125 Å². The Bertz CT molecular complexity index is 852. The van der Waals surface area contributed by atoms with Crippen LogP contribution in [-0.4, -0.2) is 42.0 Å². The second kappa shape index (κ2) is 9.54. The van der Waals surface area contributed by atoms with Crippen LogP contribution in [0.1, 0.15) is 98.8 Å². The minimum absolute atomic E-state index is 0.0597. The van der Waals surface area contributed by atoms with Crippen molar-refractivity contribution in [3.8, 4) is 0 Å². The molecule has 1 N–H and O–H groups in total. The Labute approximate surface area is 211 Å². The summed E-state index contributed by atoms with van der Waals surface area (Å²) in [5, 5.41) is 15.7.